The summed E-state index contributed by atoms with van der Waals surface area (Å²) >= 11 is 0. The molecule has 0 fully saturated rings. The lowest BCUT2D eigenvalue weighted by atomic mass is 10.4. The predicted octanol–water partition coefficient (Wildman–Crippen LogP) is -13.3. The van der Waals surface area contributed by atoms with Gasteiger partial charge in [-0.1, -0.05) is 7.96 Å². The van der Waals surface area contributed by atoms with Gasteiger partial charge in [0.25, 0.3) is 0 Å². The summed E-state index contributed by atoms with van der Waals surface area (Å²) in [6.07, 6.45) is -6.95. The molecule has 28 nitrogen and oxygen atoms in total. The molecule has 0 aliphatic rings. The summed E-state index contributed by atoms with van der Waals surface area (Å²) in [5.41, 5.74) is 0. The molecule has 0 aromatic carbocycles. The van der Waals surface area contributed by atoms with Gasteiger partial charge in [-0.25, -0.2) is 4.79 Å². The number of aliphatic hydroxyl groups is 2. The molecule has 5 atom stereocenters. The maximum atomic E-state index is 10.5. The van der Waals surface area contributed by atoms with Crippen molar-refractivity contribution in [3.63, 3.8) is 0 Å². The quantitative estimate of drug-likeness (QED) is 0.145. The van der Waals surface area contributed by atoms with Gasteiger partial charge in [-0.3, -0.25) is 0 Å². The molecule has 274 valence electrons. The van der Waals surface area contributed by atoms with Crippen LogP contribution in [0, 0.1) is 0 Å². The van der Waals surface area contributed by atoms with Crippen molar-refractivity contribution >= 4 is 82.8 Å². The molecule has 5 unspecified atom stereocenters. The normalized spacial score (nSPS) is 13.8. The highest BCUT2D eigenvalue weighted by atomic mass is 32.4. The molecule has 0 heterocycles. The third-order valence-electron chi connectivity index (χ3n) is 2.43. The highest BCUT2D eigenvalue weighted by Gasteiger charge is 2.18. The number of phosphoric ester groups is 5. The molecule has 0 aromatic heterocycles. The standard InChI is InChI=1S/2C3H8O10P2.C3H7O7P.H2O.H5P3/c4-3(5)2(13-15(9,10)11)1-12-14(6,7)8;4-2(1-12-14(6,7)8)3(5)13-15(9,10)11;4-2(3(5)6)1-10-11(7,8)9;;1-3-2/h2H,1H2,(H,4,5)(H2,6,7,8)(H2,9,10,11);2,4H,1H2,(H2,6,7,8)(H2,9,10,11);2,4H,1H2,(H,5,6)(H2,7,8,9);1H2;3H,1-2H2/p-12. The van der Waals surface area contributed by atoms with Crippen LogP contribution in [-0.4, -0.2) is 71.7 Å². The van der Waals surface area contributed by atoms with E-state index in [9.17, 15) is 96.4 Å². The first kappa shape index (κ1) is 54.6. The molecule has 0 spiro atoms. The van der Waals surface area contributed by atoms with Crippen LogP contribution in [0.4, 0.5) is 0 Å². The van der Waals surface area contributed by atoms with Crippen LogP contribution in [0.25, 0.3) is 0 Å². The monoisotopic (exact) mass is 822 g/mol. The number of rotatable bonds is 15. The van der Waals surface area contributed by atoms with Gasteiger partial charge >= 0.3 is 5.97 Å². The number of hydrogen-bond donors (Lipinski definition) is 2. The van der Waals surface area contributed by atoms with E-state index in [4.69, 9.17) is 10.2 Å². The van der Waals surface area contributed by atoms with Crippen LogP contribution < -0.4 is 59.1 Å². The lowest BCUT2D eigenvalue weighted by molar-refractivity contribution is -0.359. The van der Waals surface area contributed by atoms with Crippen LogP contribution in [0.3, 0.4) is 0 Å². The maximum absolute atomic E-state index is 10.5. The second kappa shape index (κ2) is 25.2. The van der Waals surface area contributed by atoms with Crippen LogP contribution in [0.1, 0.15) is 0 Å². The van der Waals surface area contributed by atoms with E-state index < -0.39 is 95.2 Å². The number of aliphatic hydroxyl groups excluding tert-OH is 2. The fourth-order valence-corrected chi connectivity index (χ4v) is 2.85. The molecule has 0 saturated carbocycles. The topological polar surface area (TPSA) is 531 Å². The van der Waals surface area contributed by atoms with Crippen molar-refractivity contribution in [2.24, 2.45) is 0 Å². The van der Waals surface area contributed by atoms with E-state index in [-0.39, 0.29) is 5.48 Å². The molecule has 4 N–H and O–H groups in total. The lowest BCUT2D eigenvalue weighted by Crippen LogP contribution is -2.42. The average Bonchev–Trinajstić information content (AvgIpc) is 2.76. The van der Waals surface area contributed by atoms with Gasteiger partial charge in [-0.15, -0.1) is 17.9 Å². The average molecular weight is 822 g/mol. The molecule has 0 rings (SSSR count). The summed E-state index contributed by atoms with van der Waals surface area (Å²) in [5.74, 6) is -6.05. The van der Waals surface area contributed by atoms with Crippen molar-refractivity contribution in [2.75, 3.05) is 19.8 Å². The van der Waals surface area contributed by atoms with Crippen LogP contribution in [0.15, 0.2) is 0 Å². The maximum Gasteiger partial charge on any atom is 0.340 e. The second-order valence-electron chi connectivity index (χ2n) is 5.96. The van der Waals surface area contributed by atoms with Crippen LogP contribution in [0.5, 0.6) is 0 Å². The van der Waals surface area contributed by atoms with E-state index in [1.165, 1.54) is 0 Å². The van der Waals surface area contributed by atoms with Gasteiger partial charge in [0.05, 0.1) is 63.1 Å². The lowest BCUT2D eigenvalue weighted by Gasteiger charge is -2.36. The summed E-state index contributed by atoms with van der Waals surface area (Å²) in [6.45, 7) is -3.91. The third-order valence-corrected chi connectivity index (χ3v) is 4.74. The first-order valence-corrected chi connectivity index (χ1v) is 21.1. The van der Waals surface area contributed by atoms with Crippen molar-refractivity contribution in [1.82, 2.24) is 0 Å². The fraction of sp³-hybridized carbons (Fsp3) is 0.667. The Morgan fingerprint density at radius 2 is 0.911 bits per heavy atom. The van der Waals surface area contributed by atoms with E-state index in [1.54, 1.807) is 0 Å². The Labute approximate surface area is 255 Å². The van der Waals surface area contributed by atoms with Crippen LogP contribution in [-0.2, 0) is 59.8 Å². The number of carbonyl (C=O) groups excluding carboxylic acids is 3. The number of carboxylic acid groups (broad SMARTS) is 2. The predicted molar refractivity (Wildman–Crippen MR) is 120 cm³/mol. The first-order valence-electron chi connectivity index (χ1n) is 9.16. The SMILES string of the molecule is O.O=C(OP(=O)([O-])[O-])C(O)COP(=O)([O-])[O-].O=C([O-])C(COP(=O)([O-])[O-])OP(=O)([O-])[O-].O=C([O-])C(O)COP(=O)([O-])[O-].PPP. The van der Waals surface area contributed by atoms with E-state index in [0.29, 0.717) is 0 Å². The Bertz CT molecular complexity index is 1090. The van der Waals surface area contributed by atoms with E-state index in [1.807, 2.05) is 0 Å². The second-order valence-corrected chi connectivity index (χ2v) is 15.9. The minimum Gasteiger partial charge on any atom is -0.790 e. The van der Waals surface area contributed by atoms with Crippen molar-refractivity contribution in [1.29, 1.82) is 0 Å². The summed E-state index contributed by atoms with van der Waals surface area (Å²) in [6, 6.07) is 0. The van der Waals surface area contributed by atoms with Gasteiger partial charge in [0.15, 0.2) is 6.10 Å². The van der Waals surface area contributed by atoms with Gasteiger partial charge in [0.2, 0.25) is 0 Å². The molecule has 0 amide bonds. The Hall–Kier alpha value is 0.170. The van der Waals surface area contributed by atoms with E-state index >= 15 is 0 Å². The molecular weight excluding hydrogens is 804 g/mol. The minimum absolute atomic E-state index is 0. The fourth-order valence-electron chi connectivity index (χ4n) is 1.09. The minimum atomic E-state index is -5.65. The van der Waals surface area contributed by atoms with Crippen molar-refractivity contribution in [3.8, 4) is 0 Å². The highest BCUT2D eigenvalue weighted by molar-refractivity contribution is 8.33. The van der Waals surface area contributed by atoms with Crippen molar-refractivity contribution in [3.05, 3.63) is 0 Å². The van der Waals surface area contributed by atoms with Gasteiger partial charge in [-0.05, 0) is 0 Å². The molecule has 0 radical (unpaired) electrons. The number of hydrogen-bond acceptors (Lipinski definition) is 27. The van der Waals surface area contributed by atoms with Gasteiger partial charge in [-0.2, -0.15) is 0 Å². The van der Waals surface area contributed by atoms with Crippen molar-refractivity contribution < 1.29 is 135 Å². The van der Waals surface area contributed by atoms with Gasteiger partial charge in [0, 0.05) is 0 Å². The third kappa shape index (κ3) is 48.7. The van der Waals surface area contributed by atoms with E-state index in [0.717, 1.165) is 7.96 Å². The number of carbonyl (C=O) groups is 3. The zero-order valence-electron chi connectivity index (χ0n) is 20.8. The molecule has 0 aliphatic heterocycles. The first-order chi connectivity index (χ1) is 19.3. The zero-order valence-corrected chi connectivity index (χ0v) is 28.6. The molecule has 0 saturated heterocycles. The Morgan fingerprint density at radius 1 is 0.600 bits per heavy atom. The van der Waals surface area contributed by atoms with Gasteiger partial charge in [0.1, 0.15) is 20.0 Å². The Kier molecular flexibility index (Phi) is 30.6. The molecule has 36 heteroatoms. The largest absolute Gasteiger partial charge is 0.790 e. The summed E-state index contributed by atoms with van der Waals surface area (Å²) in [4.78, 5) is 129. The number of phosphoric acid groups is 5. The Morgan fingerprint density at radius 3 is 1.16 bits per heavy atom. The highest BCUT2D eigenvalue weighted by Crippen LogP contribution is 2.31. The summed E-state index contributed by atoms with van der Waals surface area (Å²) in [7, 11) is -21.3. The Balaban J connectivity index is -0.000000170. The molecular formula is C9H18O28P8-12. The smallest absolute Gasteiger partial charge is 0.340 e. The molecule has 45 heavy (non-hydrogen) atoms. The van der Waals surface area contributed by atoms with Crippen LogP contribution >= 0.6 is 64.9 Å². The zero-order chi connectivity index (χ0) is 36.3. The van der Waals surface area contributed by atoms with Crippen LogP contribution in [0.2, 0.25) is 0 Å². The van der Waals surface area contributed by atoms with Crippen molar-refractivity contribution in [2.45, 2.75) is 18.3 Å². The van der Waals surface area contributed by atoms with Gasteiger partial charge < -0.3 is 130 Å². The molecule has 0 bridgehead atoms. The number of aliphatic carboxylic acids is 2. The summed E-state index contributed by atoms with van der Waals surface area (Å²) in [5, 5.41) is 36.7. The molecule has 0 aromatic rings. The number of carboxylic acids is 2. The molecule has 0 aliphatic carbocycles. The summed E-state index contributed by atoms with van der Waals surface area (Å²) < 4.78 is 66.0. The van der Waals surface area contributed by atoms with E-state index in [2.05, 4.69) is 40.5 Å².